The maximum absolute atomic E-state index is 10.9. The molecule has 0 aromatic carbocycles. The zero-order valence-electron chi connectivity index (χ0n) is 8.37. The number of rotatable bonds is 3. The van der Waals surface area contributed by atoms with E-state index in [1.165, 1.54) is 0 Å². The molecule has 1 N–H and O–H groups in total. The number of hydrogen-bond acceptors (Lipinski definition) is 2. The lowest BCUT2D eigenvalue weighted by Crippen LogP contribution is -2.46. The molecular formula is C10H16BrNO2. The highest BCUT2D eigenvalue weighted by molar-refractivity contribution is 9.11. The van der Waals surface area contributed by atoms with Crippen LogP contribution in [-0.4, -0.2) is 35.1 Å². The van der Waals surface area contributed by atoms with Gasteiger partial charge in [-0.3, -0.25) is 9.69 Å². The van der Waals surface area contributed by atoms with Crippen LogP contribution in [0.15, 0.2) is 11.1 Å². The third-order valence-corrected chi connectivity index (χ3v) is 3.06. The van der Waals surface area contributed by atoms with Crippen LogP contribution in [0.1, 0.15) is 19.8 Å². The number of likely N-dealkylation sites (tertiary alicyclic amines) is 1. The van der Waals surface area contributed by atoms with E-state index in [4.69, 9.17) is 5.11 Å². The predicted molar refractivity (Wildman–Crippen MR) is 59.5 cm³/mol. The van der Waals surface area contributed by atoms with E-state index in [0.29, 0.717) is 0 Å². The first-order valence-corrected chi connectivity index (χ1v) is 5.62. The fourth-order valence-corrected chi connectivity index (χ4v) is 2.31. The van der Waals surface area contributed by atoms with Crippen LogP contribution in [-0.2, 0) is 4.79 Å². The quantitative estimate of drug-likeness (QED) is 0.846. The molecule has 2 unspecified atom stereocenters. The number of halogens is 1. The van der Waals surface area contributed by atoms with Gasteiger partial charge in [-0.25, -0.2) is 0 Å². The summed E-state index contributed by atoms with van der Waals surface area (Å²) in [7, 11) is 0. The lowest BCUT2D eigenvalue weighted by Gasteiger charge is -2.37. The van der Waals surface area contributed by atoms with Crippen molar-refractivity contribution in [1.82, 2.24) is 4.90 Å². The second kappa shape index (κ2) is 4.94. The monoisotopic (exact) mass is 261 g/mol. The molecule has 1 fully saturated rings. The van der Waals surface area contributed by atoms with Crippen molar-refractivity contribution < 1.29 is 9.90 Å². The minimum atomic E-state index is -0.678. The van der Waals surface area contributed by atoms with Crippen molar-refractivity contribution in [2.75, 3.05) is 13.1 Å². The molecule has 1 rings (SSSR count). The van der Waals surface area contributed by atoms with Crippen molar-refractivity contribution in [3.63, 3.8) is 0 Å². The summed E-state index contributed by atoms with van der Waals surface area (Å²) >= 11 is 3.31. The molecule has 3 nitrogen and oxygen atoms in total. The highest BCUT2D eigenvalue weighted by Gasteiger charge is 2.32. The van der Waals surface area contributed by atoms with Gasteiger partial charge in [0, 0.05) is 17.1 Å². The predicted octanol–water partition coefficient (Wildman–Crippen LogP) is 2.08. The maximum Gasteiger partial charge on any atom is 0.308 e. The summed E-state index contributed by atoms with van der Waals surface area (Å²) in [5, 5.41) is 9.00. The van der Waals surface area contributed by atoms with Crippen molar-refractivity contribution in [2.45, 2.75) is 25.8 Å². The second-order valence-electron chi connectivity index (χ2n) is 3.82. The molecule has 1 aliphatic heterocycles. The Morgan fingerprint density at radius 2 is 2.36 bits per heavy atom. The number of aliphatic carboxylic acids is 1. The lowest BCUT2D eigenvalue weighted by atomic mass is 9.90. The zero-order chi connectivity index (χ0) is 10.7. The van der Waals surface area contributed by atoms with Gasteiger partial charge < -0.3 is 5.11 Å². The van der Waals surface area contributed by atoms with Gasteiger partial charge in [0.15, 0.2) is 0 Å². The van der Waals surface area contributed by atoms with E-state index in [2.05, 4.69) is 27.4 Å². The van der Waals surface area contributed by atoms with Gasteiger partial charge in [0.05, 0.1) is 5.92 Å². The first kappa shape index (κ1) is 11.7. The number of piperidine rings is 1. The van der Waals surface area contributed by atoms with Gasteiger partial charge in [0.25, 0.3) is 0 Å². The van der Waals surface area contributed by atoms with E-state index in [-0.39, 0.29) is 12.0 Å². The molecule has 1 heterocycles. The highest BCUT2D eigenvalue weighted by Crippen LogP contribution is 2.24. The van der Waals surface area contributed by atoms with Crippen LogP contribution in [0.4, 0.5) is 0 Å². The van der Waals surface area contributed by atoms with Crippen molar-refractivity contribution >= 4 is 21.9 Å². The number of carboxylic acid groups (broad SMARTS) is 1. The van der Waals surface area contributed by atoms with Gasteiger partial charge in [-0.2, -0.15) is 0 Å². The fraction of sp³-hybridized carbons (Fsp3) is 0.700. The molecule has 0 spiro atoms. The van der Waals surface area contributed by atoms with Crippen molar-refractivity contribution in [3.8, 4) is 0 Å². The molecule has 14 heavy (non-hydrogen) atoms. The van der Waals surface area contributed by atoms with E-state index in [1.807, 2.05) is 6.92 Å². The number of hydrogen-bond donors (Lipinski definition) is 1. The average Bonchev–Trinajstić information content (AvgIpc) is 2.07. The molecule has 0 aromatic heterocycles. The van der Waals surface area contributed by atoms with E-state index in [0.717, 1.165) is 30.4 Å². The Bertz CT molecular complexity index is 242. The van der Waals surface area contributed by atoms with Crippen LogP contribution in [0.25, 0.3) is 0 Å². The number of carboxylic acids is 1. The summed E-state index contributed by atoms with van der Waals surface area (Å²) in [6.07, 6.45) is 1.75. The van der Waals surface area contributed by atoms with Crippen LogP contribution in [0, 0.1) is 5.92 Å². The normalized spacial score (nSPS) is 28.7. The molecule has 4 heteroatoms. The van der Waals surface area contributed by atoms with E-state index < -0.39 is 5.97 Å². The maximum atomic E-state index is 10.9. The topological polar surface area (TPSA) is 40.5 Å². The third-order valence-electron chi connectivity index (χ3n) is 2.81. The smallest absolute Gasteiger partial charge is 0.308 e. The Balaban J connectivity index is 2.61. The Hall–Kier alpha value is -0.350. The zero-order valence-corrected chi connectivity index (χ0v) is 9.96. The number of carbonyl (C=O) groups is 1. The van der Waals surface area contributed by atoms with Crippen molar-refractivity contribution in [1.29, 1.82) is 0 Å². The van der Waals surface area contributed by atoms with Gasteiger partial charge in [-0.15, -0.1) is 0 Å². The van der Waals surface area contributed by atoms with Crippen molar-refractivity contribution in [2.24, 2.45) is 5.92 Å². The summed E-state index contributed by atoms with van der Waals surface area (Å²) in [6.45, 7) is 7.47. The molecule has 1 saturated heterocycles. The molecule has 0 amide bonds. The van der Waals surface area contributed by atoms with Gasteiger partial charge >= 0.3 is 5.97 Å². The van der Waals surface area contributed by atoms with Crippen LogP contribution in [0.2, 0.25) is 0 Å². The Kier molecular flexibility index (Phi) is 4.13. The largest absolute Gasteiger partial charge is 0.481 e. The molecule has 80 valence electrons. The van der Waals surface area contributed by atoms with Crippen LogP contribution in [0.5, 0.6) is 0 Å². The molecule has 0 aliphatic carbocycles. The van der Waals surface area contributed by atoms with Crippen LogP contribution in [0.3, 0.4) is 0 Å². The third kappa shape index (κ3) is 2.82. The Morgan fingerprint density at radius 3 is 2.86 bits per heavy atom. The first-order valence-electron chi connectivity index (χ1n) is 4.82. The minimum Gasteiger partial charge on any atom is -0.481 e. The molecule has 2 atom stereocenters. The van der Waals surface area contributed by atoms with Crippen LogP contribution < -0.4 is 0 Å². The molecule has 0 saturated carbocycles. The van der Waals surface area contributed by atoms with E-state index in [1.54, 1.807) is 0 Å². The summed E-state index contributed by atoms with van der Waals surface area (Å²) in [5.74, 6) is -0.905. The van der Waals surface area contributed by atoms with Crippen molar-refractivity contribution in [3.05, 3.63) is 11.1 Å². The Labute approximate surface area is 92.9 Å². The molecule has 0 aromatic rings. The fourth-order valence-electron chi connectivity index (χ4n) is 1.99. The summed E-state index contributed by atoms with van der Waals surface area (Å²) < 4.78 is 0.912. The van der Waals surface area contributed by atoms with E-state index in [9.17, 15) is 4.79 Å². The lowest BCUT2D eigenvalue weighted by molar-refractivity contribution is -0.145. The van der Waals surface area contributed by atoms with Crippen LogP contribution >= 0.6 is 15.9 Å². The van der Waals surface area contributed by atoms with Gasteiger partial charge in [0.1, 0.15) is 0 Å². The standard InChI is InChI=1S/C10H16BrNO2/c1-7(11)6-12-5-3-4-9(8(12)2)10(13)14/h8-9H,1,3-6H2,2H3,(H,13,14). The molecule has 0 bridgehead atoms. The van der Waals surface area contributed by atoms with Gasteiger partial charge in [-0.05, 0) is 26.3 Å². The van der Waals surface area contributed by atoms with Gasteiger partial charge in [-0.1, -0.05) is 22.5 Å². The molecule has 1 aliphatic rings. The number of nitrogens with zero attached hydrogens (tertiary/aromatic N) is 1. The summed E-state index contributed by atoms with van der Waals surface area (Å²) in [4.78, 5) is 13.1. The minimum absolute atomic E-state index is 0.107. The average molecular weight is 262 g/mol. The summed E-state index contributed by atoms with van der Waals surface area (Å²) in [6, 6.07) is 0.107. The van der Waals surface area contributed by atoms with Gasteiger partial charge in [0.2, 0.25) is 0 Å². The highest BCUT2D eigenvalue weighted by atomic mass is 79.9. The van der Waals surface area contributed by atoms with E-state index >= 15 is 0 Å². The molecular weight excluding hydrogens is 246 g/mol. The summed E-state index contributed by atoms with van der Waals surface area (Å²) in [5.41, 5.74) is 0. The SMILES string of the molecule is C=C(Br)CN1CCCC(C(=O)O)C1C. The Morgan fingerprint density at radius 1 is 1.71 bits per heavy atom. The second-order valence-corrected chi connectivity index (χ2v) is 4.94. The molecule has 0 radical (unpaired) electrons. The first-order chi connectivity index (χ1) is 6.52.